The number of hydrogen-bond donors (Lipinski definition) is 1. The molecule has 0 aliphatic carbocycles. The van der Waals surface area contributed by atoms with Gasteiger partial charge in [-0.05, 0) is 32.9 Å². The average molecular weight is 425 g/mol. The van der Waals surface area contributed by atoms with Crippen molar-refractivity contribution in [1.29, 1.82) is 5.26 Å². The van der Waals surface area contributed by atoms with Crippen LogP contribution in [-0.2, 0) is 9.53 Å². The monoisotopic (exact) mass is 424 g/mol. The van der Waals surface area contributed by atoms with Crippen molar-refractivity contribution in [3.8, 4) is 11.8 Å². The summed E-state index contributed by atoms with van der Waals surface area (Å²) in [5, 5.41) is 16.6. The molecule has 0 saturated carbocycles. The lowest BCUT2D eigenvalue weighted by Crippen LogP contribution is -2.43. The second kappa shape index (κ2) is 11.0. The molecule has 2 heterocycles. The van der Waals surface area contributed by atoms with Crippen LogP contribution in [0.3, 0.4) is 0 Å². The van der Waals surface area contributed by atoms with E-state index in [1.54, 1.807) is 0 Å². The van der Waals surface area contributed by atoms with Gasteiger partial charge in [0, 0.05) is 39.1 Å². The Kier molecular flexibility index (Phi) is 8.18. The normalized spacial score (nSPS) is 14.5. The summed E-state index contributed by atoms with van der Waals surface area (Å²) in [6, 6.07) is 10.3. The summed E-state index contributed by atoms with van der Waals surface area (Å²) >= 11 is 0. The van der Waals surface area contributed by atoms with Gasteiger partial charge in [-0.25, -0.2) is 4.68 Å². The van der Waals surface area contributed by atoms with Crippen molar-refractivity contribution < 1.29 is 9.53 Å². The number of carbonyl (C=O) groups excluding carboxylic acids is 1. The summed E-state index contributed by atoms with van der Waals surface area (Å²) in [4.78, 5) is 17.2. The predicted molar refractivity (Wildman–Crippen MR) is 120 cm³/mol. The van der Waals surface area contributed by atoms with Crippen LogP contribution in [0.15, 0.2) is 24.3 Å². The summed E-state index contributed by atoms with van der Waals surface area (Å²) in [5.74, 6) is -0.0884. The fourth-order valence-electron chi connectivity index (χ4n) is 3.73. The van der Waals surface area contributed by atoms with Crippen molar-refractivity contribution in [2.24, 2.45) is 0 Å². The smallest absolute Gasteiger partial charge is 0.238 e. The summed E-state index contributed by atoms with van der Waals surface area (Å²) in [6.45, 7) is 11.7. The minimum absolute atomic E-state index is 0.0884. The van der Waals surface area contributed by atoms with Crippen LogP contribution in [0.1, 0.15) is 23.4 Å². The molecular formula is C23H32N6O2. The number of benzene rings is 1. The van der Waals surface area contributed by atoms with Crippen LogP contribution < -0.4 is 5.32 Å². The molecule has 1 aromatic heterocycles. The molecule has 1 aromatic carbocycles. The Labute approximate surface area is 184 Å². The van der Waals surface area contributed by atoms with Crippen LogP contribution in [0.2, 0.25) is 0 Å². The van der Waals surface area contributed by atoms with E-state index in [1.807, 2.05) is 54.6 Å². The summed E-state index contributed by atoms with van der Waals surface area (Å²) < 4.78 is 7.25. The third-order valence-electron chi connectivity index (χ3n) is 5.58. The van der Waals surface area contributed by atoms with E-state index in [0.29, 0.717) is 13.0 Å². The van der Waals surface area contributed by atoms with Crippen molar-refractivity contribution in [2.45, 2.75) is 27.2 Å². The van der Waals surface area contributed by atoms with Crippen LogP contribution in [0.5, 0.6) is 0 Å². The number of rotatable bonds is 9. The molecule has 1 saturated heterocycles. The molecule has 0 bridgehead atoms. The van der Waals surface area contributed by atoms with E-state index in [4.69, 9.17) is 10.00 Å². The standard InChI is InChI=1S/C23H32N6O2/c1-18-5-7-21(8-6-18)29-20(3)23(19(2)26-29)25-22(30)17-28(10-4-9-24)12-11-27-13-15-31-16-14-27/h5-8H,4,10-17H2,1-3H3,(H,25,30). The molecule has 2 aromatic rings. The van der Waals surface area contributed by atoms with E-state index in [2.05, 4.69) is 21.4 Å². The molecule has 1 aliphatic rings. The van der Waals surface area contributed by atoms with E-state index in [-0.39, 0.29) is 12.5 Å². The Morgan fingerprint density at radius 3 is 2.58 bits per heavy atom. The maximum absolute atomic E-state index is 12.8. The minimum atomic E-state index is -0.0884. The predicted octanol–water partition coefficient (Wildman–Crippen LogP) is 2.28. The van der Waals surface area contributed by atoms with Gasteiger partial charge >= 0.3 is 0 Å². The molecule has 8 nitrogen and oxygen atoms in total. The number of amides is 1. The van der Waals surface area contributed by atoms with Gasteiger partial charge in [0.2, 0.25) is 5.91 Å². The Morgan fingerprint density at radius 2 is 1.90 bits per heavy atom. The number of morpholine rings is 1. The van der Waals surface area contributed by atoms with E-state index in [9.17, 15) is 4.79 Å². The summed E-state index contributed by atoms with van der Waals surface area (Å²) in [5.41, 5.74) is 4.58. The van der Waals surface area contributed by atoms with E-state index in [1.165, 1.54) is 5.56 Å². The van der Waals surface area contributed by atoms with Gasteiger partial charge in [0.15, 0.2) is 0 Å². The molecule has 0 unspecified atom stereocenters. The Hall–Kier alpha value is -2.73. The number of anilines is 1. The molecule has 0 atom stereocenters. The average Bonchev–Trinajstić information content (AvgIpc) is 3.05. The Bertz CT molecular complexity index is 909. The molecule has 1 N–H and O–H groups in total. The van der Waals surface area contributed by atoms with Gasteiger partial charge in [-0.3, -0.25) is 14.6 Å². The lowest BCUT2D eigenvalue weighted by molar-refractivity contribution is -0.117. The molecule has 0 spiro atoms. The lowest BCUT2D eigenvalue weighted by Gasteiger charge is -2.29. The topological polar surface area (TPSA) is 86.4 Å². The molecule has 1 aliphatic heterocycles. The first-order valence-electron chi connectivity index (χ1n) is 10.8. The minimum Gasteiger partial charge on any atom is -0.379 e. The third kappa shape index (κ3) is 6.37. The number of hydrogen-bond acceptors (Lipinski definition) is 6. The fraction of sp³-hybridized carbons (Fsp3) is 0.522. The largest absolute Gasteiger partial charge is 0.379 e. The van der Waals surface area contributed by atoms with Crippen LogP contribution in [0.25, 0.3) is 5.69 Å². The van der Waals surface area contributed by atoms with Gasteiger partial charge in [-0.1, -0.05) is 17.7 Å². The van der Waals surface area contributed by atoms with Crippen molar-refractivity contribution in [3.05, 3.63) is 41.2 Å². The quantitative estimate of drug-likeness (QED) is 0.665. The number of nitrogens with one attached hydrogen (secondary N) is 1. The van der Waals surface area contributed by atoms with E-state index in [0.717, 1.165) is 62.2 Å². The van der Waals surface area contributed by atoms with Crippen molar-refractivity contribution in [2.75, 3.05) is 57.8 Å². The maximum Gasteiger partial charge on any atom is 0.238 e. The molecular weight excluding hydrogens is 392 g/mol. The van der Waals surface area contributed by atoms with Gasteiger partial charge in [0.1, 0.15) is 0 Å². The third-order valence-corrected chi connectivity index (χ3v) is 5.58. The van der Waals surface area contributed by atoms with Gasteiger partial charge in [0.25, 0.3) is 0 Å². The highest BCUT2D eigenvalue weighted by Crippen LogP contribution is 2.23. The van der Waals surface area contributed by atoms with Gasteiger partial charge in [-0.2, -0.15) is 10.4 Å². The highest BCUT2D eigenvalue weighted by atomic mass is 16.5. The number of nitriles is 1. The number of carbonyl (C=O) groups is 1. The van der Waals surface area contributed by atoms with Crippen LogP contribution in [-0.4, -0.2) is 78.0 Å². The summed E-state index contributed by atoms with van der Waals surface area (Å²) in [7, 11) is 0. The van der Waals surface area contributed by atoms with Gasteiger partial charge in [0.05, 0.1) is 48.6 Å². The fourth-order valence-corrected chi connectivity index (χ4v) is 3.73. The first kappa shape index (κ1) is 22.9. The molecule has 31 heavy (non-hydrogen) atoms. The first-order chi connectivity index (χ1) is 15.0. The van der Waals surface area contributed by atoms with E-state index >= 15 is 0 Å². The number of ether oxygens (including phenoxy) is 1. The zero-order valence-electron chi connectivity index (χ0n) is 18.7. The van der Waals surface area contributed by atoms with Crippen molar-refractivity contribution in [1.82, 2.24) is 19.6 Å². The van der Waals surface area contributed by atoms with Crippen molar-refractivity contribution >= 4 is 11.6 Å². The number of nitrogens with zero attached hydrogens (tertiary/aromatic N) is 5. The molecule has 8 heteroatoms. The molecule has 0 radical (unpaired) electrons. The molecule has 1 amide bonds. The Morgan fingerprint density at radius 1 is 1.19 bits per heavy atom. The zero-order valence-corrected chi connectivity index (χ0v) is 18.7. The Balaban J connectivity index is 1.63. The second-order valence-electron chi connectivity index (χ2n) is 7.98. The highest BCUT2D eigenvalue weighted by molar-refractivity contribution is 5.93. The van der Waals surface area contributed by atoms with Crippen LogP contribution in [0.4, 0.5) is 5.69 Å². The maximum atomic E-state index is 12.8. The first-order valence-corrected chi connectivity index (χ1v) is 10.8. The van der Waals surface area contributed by atoms with Crippen LogP contribution in [0, 0.1) is 32.1 Å². The second-order valence-corrected chi connectivity index (χ2v) is 7.98. The highest BCUT2D eigenvalue weighted by Gasteiger charge is 2.18. The van der Waals surface area contributed by atoms with Gasteiger partial charge < -0.3 is 10.1 Å². The zero-order chi connectivity index (χ0) is 22.2. The van der Waals surface area contributed by atoms with Gasteiger partial charge in [-0.15, -0.1) is 0 Å². The van der Waals surface area contributed by atoms with Crippen molar-refractivity contribution in [3.63, 3.8) is 0 Å². The van der Waals surface area contributed by atoms with Crippen LogP contribution >= 0.6 is 0 Å². The number of aryl methyl sites for hydroxylation is 2. The van der Waals surface area contributed by atoms with E-state index < -0.39 is 0 Å². The SMILES string of the molecule is Cc1ccc(-n2nc(C)c(NC(=O)CN(CCC#N)CCN3CCOCC3)c2C)cc1. The molecule has 166 valence electrons. The molecule has 3 rings (SSSR count). The lowest BCUT2D eigenvalue weighted by atomic mass is 10.2. The summed E-state index contributed by atoms with van der Waals surface area (Å²) in [6.07, 6.45) is 0.403. The molecule has 1 fully saturated rings. The number of aromatic nitrogens is 2.